The molecule has 0 bridgehead atoms. The van der Waals surface area contributed by atoms with Crippen LogP contribution in [0, 0.1) is 5.82 Å². The van der Waals surface area contributed by atoms with Crippen molar-refractivity contribution < 1.29 is 9.18 Å². The summed E-state index contributed by atoms with van der Waals surface area (Å²) in [6.45, 7) is 6.65. The highest BCUT2D eigenvalue weighted by atomic mass is 19.1. The molecule has 16 heavy (non-hydrogen) atoms. The third kappa shape index (κ3) is 4.11. The van der Waals surface area contributed by atoms with Crippen molar-refractivity contribution in [3.8, 4) is 0 Å². The number of halogens is 1. The van der Waals surface area contributed by atoms with E-state index in [9.17, 15) is 9.18 Å². The molecule has 0 aromatic heterocycles. The molecule has 0 heterocycles. The summed E-state index contributed by atoms with van der Waals surface area (Å²) < 4.78 is 13.3. The van der Waals surface area contributed by atoms with E-state index in [0.717, 1.165) is 0 Å². The zero-order valence-electron chi connectivity index (χ0n) is 10.0. The fraction of sp³-hybridized carbons (Fsp3) is 0.462. The number of carbonyl (C=O) groups excluding carboxylic acids is 1. The highest BCUT2D eigenvalue weighted by Crippen LogP contribution is 2.09. The van der Waals surface area contributed by atoms with Gasteiger partial charge in [-0.15, -0.1) is 0 Å². The van der Waals surface area contributed by atoms with Crippen LogP contribution in [0.5, 0.6) is 0 Å². The second-order valence-electron chi connectivity index (χ2n) is 4.83. The van der Waals surface area contributed by atoms with E-state index < -0.39 is 5.82 Å². The molecule has 1 rings (SSSR count). The first-order valence-electron chi connectivity index (χ1n) is 5.43. The molecule has 1 aromatic rings. The SMILES string of the molecule is CC(C)(C)NCCC(=O)c1ccccc1F. The number of benzene rings is 1. The molecule has 0 saturated heterocycles. The van der Waals surface area contributed by atoms with Crippen molar-refractivity contribution in [2.45, 2.75) is 32.7 Å². The van der Waals surface area contributed by atoms with Crippen LogP contribution in [0.4, 0.5) is 4.39 Å². The van der Waals surface area contributed by atoms with Crippen LogP contribution in [0.2, 0.25) is 0 Å². The number of Topliss-reactive ketones (excluding diaryl/α,β-unsaturated/α-hetero) is 1. The largest absolute Gasteiger partial charge is 0.312 e. The van der Waals surface area contributed by atoms with E-state index in [0.29, 0.717) is 13.0 Å². The average molecular weight is 223 g/mol. The molecule has 0 aliphatic carbocycles. The minimum atomic E-state index is -0.441. The molecule has 0 saturated carbocycles. The summed E-state index contributed by atoms with van der Waals surface area (Å²) in [5.74, 6) is -0.599. The van der Waals surface area contributed by atoms with E-state index in [1.807, 2.05) is 20.8 Å². The van der Waals surface area contributed by atoms with Gasteiger partial charge in [0.25, 0.3) is 0 Å². The van der Waals surface area contributed by atoms with Gasteiger partial charge >= 0.3 is 0 Å². The summed E-state index contributed by atoms with van der Waals surface area (Å²) in [6.07, 6.45) is 0.318. The summed E-state index contributed by atoms with van der Waals surface area (Å²) in [4.78, 5) is 11.7. The van der Waals surface area contributed by atoms with Crippen LogP contribution in [-0.2, 0) is 0 Å². The predicted octanol–water partition coefficient (Wildman–Crippen LogP) is 2.79. The molecule has 0 spiro atoms. The molecule has 0 atom stereocenters. The van der Waals surface area contributed by atoms with Gasteiger partial charge in [-0.05, 0) is 32.9 Å². The van der Waals surface area contributed by atoms with Gasteiger partial charge in [-0.3, -0.25) is 4.79 Å². The first-order chi connectivity index (χ1) is 7.40. The summed E-state index contributed by atoms with van der Waals surface area (Å²) in [7, 11) is 0. The van der Waals surface area contributed by atoms with Crippen molar-refractivity contribution in [3.05, 3.63) is 35.6 Å². The fourth-order valence-electron chi connectivity index (χ4n) is 1.37. The van der Waals surface area contributed by atoms with Gasteiger partial charge in [0.1, 0.15) is 5.82 Å². The average Bonchev–Trinajstić information content (AvgIpc) is 2.16. The van der Waals surface area contributed by atoms with E-state index in [4.69, 9.17) is 0 Å². The van der Waals surface area contributed by atoms with Crippen molar-refractivity contribution in [1.29, 1.82) is 0 Å². The molecule has 2 nitrogen and oxygen atoms in total. The van der Waals surface area contributed by atoms with Gasteiger partial charge in [-0.2, -0.15) is 0 Å². The van der Waals surface area contributed by atoms with Crippen molar-refractivity contribution in [2.24, 2.45) is 0 Å². The van der Waals surface area contributed by atoms with E-state index in [-0.39, 0.29) is 16.9 Å². The monoisotopic (exact) mass is 223 g/mol. The van der Waals surface area contributed by atoms with Crippen molar-refractivity contribution >= 4 is 5.78 Å². The van der Waals surface area contributed by atoms with Gasteiger partial charge in [0.05, 0.1) is 5.56 Å². The molecule has 1 N–H and O–H groups in total. The Labute approximate surface area is 95.9 Å². The quantitative estimate of drug-likeness (QED) is 0.795. The molecule has 88 valence electrons. The number of rotatable bonds is 4. The second kappa shape index (κ2) is 5.21. The molecule has 1 aromatic carbocycles. The van der Waals surface area contributed by atoms with E-state index in [2.05, 4.69) is 5.32 Å². The van der Waals surface area contributed by atoms with Crippen LogP contribution in [0.3, 0.4) is 0 Å². The van der Waals surface area contributed by atoms with Gasteiger partial charge in [0.2, 0.25) is 0 Å². The van der Waals surface area contributed by atoms with Gasteiger partial charge in [0.15, 0.2) is 5.78 Å². The smallest absolute Gasteiger partial charge is 0.167 e. The topological polar surface area (TPSA) is 29.1 Å². The maximum Gasteiger partial charge on any atom is 0.167 e. The third-order valence-electron chi connectivity index (χ3n) is 2.18. The molecule has 0 aliphatic heterocycles. The third-order valence-corrected chi connectivity index (χ3v) is 2.18. The first-order valence-corrected chi connectivity index (χ1v) is 5.43. The van der Waals surface area contributed by atoms with Crippen LogP contribution < -0.4 is 5.32 Å². The van der Waals surface area contributed by atoms with Gasteiger partial charge in [0, 0.05) is 18.5 Å². The molecular weight excluding hydrogens is 205 g/mol. The summed E-state index contributed by atoms with van der Waals surface area (Å²) in [5, 5.41) is 3.20. The maximum absolute atomic E-state index is 13.3. The minimum Gasteiger partial charge on any atom is -0.312 e. The lowest BCUT2D eigenvalue weighted by atomic mass is 10.1. The van der Waals surface area contributed by atoms with E-state index in [1.165, 1.54) is 12.1 Å². The lowest BCUT2D eigenvalue weighted by molar-refractivity contribution is 0.0976. The Morgan fingerprint density at radius 2 is 1.94 bits per heavy atom. The number of ketones is 1. The van der Waals surface area contributed by atoms with Crippen LogP contribution in [-0.4, -0.2) is 17.9 Å². The Morgan fingerprint density at radius 1 is 1.31 bits per heavy atom. The molecule has 3 heteroatoms. The zero-order chi connectivity index (χ0) is 12.2. The van der Waals surface area contributed by atoms with E-state index in [1.54, 1.807) is 12.1 Å². The number of hydrogen-bond acceptors (Lipinski definition) is 2. The van der Waals surface area contributed by atoms with Crippen molar-refractivity contribution in [3.63, 3.8) is 0 Å². The van der Waals surface area contributed by atoms with Gasteiger partial charge in [-0.1, -0.05) is 12.1 Å². The van der Waals surface area contributed by atoms with E-state index >= 15 is 0 Å². The molecule has 0 amide bonds. The van der Waals surface area contributed by atoms with Crippen LogP contribution in [0.15, 0.2) is 24.3 Å². The molecule has 0 unspecified atom stereocenters. The second-order valence-corrected chi connectivity index (χ2v) is 4.83. The van der Waals surface area contributed by atoms with Gasteiger partial charge in [-0.25, -0.2) is 4.39 Å². The number of hydrogen-bond donors (Lipinski definition) is 1. The molecule has 0 fully saturated rings. The normalized spacial score (nSPS) is 11.5. The molecular formula is C13H18FNO. The van der Waals surface area contributed by atoms with Crippen LogP contribution in [0.1, 0.15) is 37.6 Å². The molecule has 0 radical (unpaired) electrons. The van der Waals surface area contributed by atoms with Crippen LogP contribution >= 0.6 is 0 Å². The van der Waals surface area contributed by atoms with Crippen LogP contribution in [0.25, 0.3) is 0 Å². The summed E-state index contributed by atoms with van der Waals surface area (Å²) in [6, 6.07) is 6.09. The zero-order valence-corrected chi connectivity index (χ0v) is 10.0. The Kier molecular flexibility index (Phi) is 4.19. The first kappa shape index (κ1) is 12.8. The number of carbonyl (C=O) groups is 1. The minimum absolute atomic E-state index is 0.0183. The van der Waals surface area contributed by atoms with Gasteiger partial charge < -0.3 is 5.32 Å². The predicted molar refractivity (Wildman–Crippen MR) is 63.1 cm³/mol. The Hall–Kier alpha value is -1.22. The lowest BCUT2D eigenvalue weighted by Gasteiger charge is -2.20. The molecule has 0 aliphatic rings. The Bertz CT molecular complexity index is 368. The number of nitrogens with one attached hydrogen (secondary N) is 1. The standard InChI is InChI=1S/C13H18FNO/c1-13(2,3)15-9-8-12(16)10-6-4-5-7-11(10)14/h4-7,15H,8-9H2,1-3H3. The fourth-order valence-corrected chi connectivity index (χ4v) is 1.37. The highest BCUT2D eigenvalue weighted by molar-refractivity contribution is 5.96. The summed E-state index contributed by atoms with van der Waals surface area (Å²) >= 11 is 0. The summed E-state index contributed by atoms with van der Waals surface area (Å²) in [5.41, 5.74) is 0.161. The van der Waals surface area contributed by atoms with Crippen molar-refractivity contribution in [1.82, 2.24) is 5.32 Å². The highest BCUT2D eigenvalue weighted by Gasteiger charge is 2.13. The lowest BCUT2D eigenvalue weighted by Crippen LogP contribution is -2.37. The van der Waals surface area contributed by atoms with Crippen molar-refractivity contribution in [2.75, 3.05) is 6.54 Å². The Morgan fingerprint density at radius 3 is 2.50 bits per heavy atom. The Balaban J connectivity index is 2.51. The maximum atomic E-state index is 13.3.